The minimum atomic E-state index is -0.938. The van der Waals surface area contributed by atoms with Crippen LogP contribution in [0.15, 0.2) is 59.6 Å². The van der Waals surface area contributed by atoms with Gasteiger partial charge in [-0.3, -0.25) is 9.20 Å². The zero-order chi connectivity index (χ0) is 19.5. The molecule has 0 saturated carbocycles. The van der Waals surface area contributed by atoms with Crippen molar-refractivity contribution in [3.05, 3.63) is 66.0 Å². The molecule has 0 bridgehead atoms. The number of likely N-dealkylation sites (N-methyl/N-ethyl adjacent to an activating group) is 1. The van der Waals surface area contributed by atoms with E-state index in [1.165, 1.54) is 6.07 Å². The summed E-state index contributed by atoms with van der Waals surface area (Å²) in [6, 6.07) is 16.1. The van der Waals surface area contributed by atoms with Crippen LogP contribution in [0.5, 0.6) is 5.75 Å². The molecule has 0 heterocycles. The van der Waals surface area contributed by atoms with Gasteiger partial charge in [-0.15, -0.1) is 24.0 Å². The summed E-state index contributed by atoms with van der Waals surface area (Å²) < 4.78 is 31.2. The maximum atomic E-state index is 13.5. The van der Waals surface area contributed by atoms with Gasteiger partial charge < -0.3 is 15.0 Å². The number of ether oxygens (including phenoxy) is 1. The Bertz CT molecular complexity index is 762. The van der Waals surface area contributed by atoms with E-state index in [4.69, 9.17) is 4.74 Å². The molecule has 8 heteroatoms. The molecule has 0 aliphatic rings. The van der Waals surface area contributed by atoms with E-state index in [-0.39, 0.29) is 35.5 Å². The predicted octanol–water partition coefficient (Wildman–Crippen LogP) is 3.28. The number of nitrogens with zero attached hydrogens (tertiary/aromatic N) is 2. The fraction of sp³-hybridized carbons (Fsp3) is 0.350. The number of nitrogens with one attached hydrogen (secondary N) is 1. The van der Waals surface area contributed by atoms with Gasteiger partial charge in [-0.2, -0.15) is 0 Å². The number of benzene rings is 2. The third kappa shape index (κ3) is 8.55. The van der Waals surface area contributed by atoms with Gasteiger partial charge in [-0.05, 0) is 17.7 Å². The Morgan fingerprint density at radius 1 is 1.18 bits per heavy atom. The molecular weight excluding hydrogens is 492 g/mol. The van der Waals surface area contributed by atoms with E-state index in [1.54, 1.807) is 25.2 Å². The number of halogens is 2. The highest BCUT2D eigenvalue weighted by atomic mass is 127. The van der Waals surface area contributed by atoms with Crippen molar-refractivity contribution in [2.45, 2.75) is 5.75 Å². The third-order valence-electron chi connectivity index (χ3n) is 3.88. The van der Waals surface area contributed by atoms with Crippen LogP contribution in [0.25, 0.3) is 0 Å². The van der Waals surface area contributed by atoms with E-state index in [2.05, 4.69) is 10.3 Å². The summed E-state index contributed by atoms with van der Waals surface area (Å²) in [4.78, 5) is 6.10. The van der Waals surface area contributed by atoms with Crippen molar-refractivity contribution in [2.75, 3.05) is 39.5 Å². The summed E-state index contributed by atoms with van der Waals surface area (Å²) in [5.41, 5.74) is 1.07. The standard InChI is InChI=1S/C20H26FN3O2S.HI/c1-22-20(23-12-15-27(25)16-17-8-4-3-5-9-17)24(2)13-14-26-19-11-7-6-10-18(19)21;/h3-11H,12-16H2,1-2H3,(H,22,23);1H. The van der Waals surface area contributed by atoms with Gasteiger partial charge in [0.25, 0.3) is 0 Å². The van der Waals surface area contributed by atoms with Crippen molar-refractivity contribution in [2.24, 2.45) is 4.99 Å². The highest BCUT2D eigenvalue weighted by Crippen LogP contribution is 2.14. The van der Waals surface area contributed by atoms with E-state index < -0.39 is 10.8 Å². The van der Waals surface area contributed by atoms with Gasteiger partial charge in [-0.1, -0.05) is 42.5 Å². The fourth-order valence-corrected chi connectivity index (χ4v) is 3.49. The second-order valence-electron chi connectivity index (χ2n) is 5.95. The number of hydrogen-bond donors (Lipinski definition) is 1. The molecule has 28 heavy (non-hydrogen) atoms. The van der Waals surface area contributed by atoms with E-state index in [0.717, 1.165) is 5.56 Å². The quantitative estimate of drug-likeness (QED) is 0.314. The van der Waals surface area contributed by atoms with Crippen LogP contribution in [0.4, 0.5) is 4.39 Å². The Morgan fingerprint density at radius 2 is 1.86 bits per heavy atom. The van der Waals surface area contributed by atoms with Crippen LogP contribution < -0.4 is 10.1 Å². The monoisotopic (exact) mass is 519 g/mol. The Hall–Kier alpha value is -1.68. The third-order valence-corrected chi connectivity index (χ3v) is 5.19. The van der Waals surface area contributed by atoms with E-state index in [1.807, 2.05) is 42.3 Å². The molecule has 2 rings (SSSR count). The van der Waals surface area contributed by atoms with E-state index >= 15 is 0 Å². The van der Waals surface area contributed by atoms with E-state index in [0.29, 0.717) is 37.2 Å². The molecule has 0 saturated heterocycles. The summed E-state index contributed by atoms with van der Waals surface area (Å²) in [5, 5.41) is 3.20. The highest BCUT2D eigenvalue weighted by Gasteiger charge is 2.08. The lowest BCUT2D eigenvalue weighted by Gasteiger charge is -2.22. The molecule has 0 amide bonds. The number of aliphatic imine (C=N–C) groups is 1. The zero-order valence-electron chi connectivity index (χ0n) is 16.1. The molecule has 0 aliphatic carbocycles. The Labute approximate surface area is 185 Å². The first kappa shape index (κ1) is 24.4. The number of guanidine groups is 1. The summed E-state index contributed by atoms with van der Waals surface area (Å²) in [5.74, 6) is 1.64. The van der Waals surface area contributed by atoms with Crippen LogP contribution in [-0.2, 0) is 16.6 Å². The minimum Gasteiger partial charge on any atom is -0.489 e. The molecule has 0 fully saturated rings. The molecule has 0 spiro atoms. The van der Waals surface area contributed by atoms with Gasteiger partial charge >= 0.3 is 0 Å². The zero-order valence-corrected chi connectivity index (χ0v) is 19.3. The molecule has 0 aromatic heterocycles. The lowest BCUT2D eigenvalue weighted by atomic mass is 10.2. The fourth-order valence-electron chi connectivity index (χ4n) is 2.45. The van der Waals surface area contributed by atoms with Crippen molar-refractivity contribution in [3.8, 4) is 5.75 Å². The van der Waals surface area contributed by atoms with Crippen LogP contribution in [-0.4, -0.2) is 54.6 Å². The van der Waals surface area contributed by atoms with Gasteiger partial charge in [0.2, 0.25) is 0 Å². The number of hydrogen-bond acceptors (Lipinski definition) is 3. The summed E-state index contributed by atoms with van der Waals surface area (Å²) in [6.07, 6.45) is 0. The van der Waals surface area contributed by atoms with E-state index in [9.17, 15) is 8.60 Å². The average molecular weight is 519 g/mol. The van der Waals surface area contributed by atoms with Gasteiger partial charge in [0.05, 0.1) is 6.54 Å². The maximum Gasteiger partial charge on any atom is 0.193 e. The lowest BCUT2D eigenvalue weighted by molar-refractivity contribution is 0.270. The Kier molecular flexibility index (Phi) is 11.7. The van der Waals surface area contributed by atoms with Crippen LogP contribution >= 0.6 is 24.0 Å². The molecule has 2 aromatic carbocycles. The molecular formula is C20H27FIN3O2S. The Balaban J connectivity index is 0.00000392. The topological polar surface area (TPSA) is 53.9 Å². The normalized spacial score (nSPS) is 12.0. The smallest absolute Gasteiger partial charge is 0.193 e. The first-order valence-corrected chi connectivity index (χ1v) is 10.3. The molecule has 154 valence electrons. The predicted molar refractivity (Wildman–Crippen MR) is 124 cm³/mol. The largest absolute Gasteiger partial charge is 0.489 e. The van der Waals surface area contributed by atoms with Gasteiger partial charge in [0, 0.05) is 42.9 Å². The molecule has 5 nitrogen and oxygen atoms in total. The van der Waals surface area contributed by atoms with Crippen LogP contribution in [0, 0.1) is 5.82 Å². The van der Waals surface area contributed by atoms with Crippen molar-refractivity contribution in [1.82, 2.24) is 10.2 Å². The van der Waals surface area contributed by atoms with Crippen molar-refractivity contribution in [1.29, 1.82) is 0 Å². The van der Waals surface area contributed by atoms with Crippen LogP contribution in [0.1, 0.15) is 5.56 Å². The minimum absolute atomic E-state index is 0. The molecule has 1 N–H and O–H groups in total. The van der Waals surface area contributed by atoms with Gasteiger partial charge in [0.15, 0.2) is 17.5 Å². The summed E-state index contributed by atoms with van der Waals surface area (Å²) in [7, 11) is 2.63. The van der Waals surface area contributed by atoms with Crippen LogP contribution in [0.3, 0.4) is 0 Å². The SMILES string of the molecule is CN=C(NCCS(=O)Cc1ccccc1)N(C)CCOc1ccccc1F.I. The summed E-state index contributed by atoms with van der Waals surface area (Å²) >= 11 is 0. The average Bonchev–Trinajstić information content (AvgIpc) is 2.67. The lowest BCUT2D eigenvalue weighted by Crippen LogP contribution is -2.42. The summed E-state index contributed by atoms with van der Waals surface area (Å²) in [6.45, 7) is 1.43. The van der Waals surface area contributed by atoms with Crippen molar-refractivity contribution >= 4 is 40.7 Å². The van der Waals surface area contributed by atoms with Gasteiger partial charge in [0.1, 0.15) is 6.61 Å². The number of rotatable bonds is 9. The first-order valence-electron chi connectivity index (χ1n) is 8.78. The molecule has 2 aromatic rings. The van der Waals surface area contributed by atoms with Gasteiger partial charge in [-0.25, -0.2) is 4.39 Å². The molecule has 0 aliphatic heterocycles. The maximum absolute atomic E-state index is 13.5. The second-order valence-corrected chi connectivity index (χ2v) is 7.52. The second kappa shape index (κ2) is 13.5. The Morgan fingerprint density at radius 3 is 2.54 bits per heavy atom. The number of para-hydroxylation sites is 1. The highest BCUT2D eigenvalue weighted by molar-refractivity contribution is 14.0. The molecule has 0 radical (unpaired) electrons. The molecule has 1 unspecified atom stereocenters. The van der Waals surface area contributed by atoms with Crippen molar-refractivity contribution in [3.63, 3.8) is 0 Å². The first-order chi connectivity index (χ1) is 13.1. The van der Waals surface area contributed by atoms with Crippen molar-refractivity contribution < 1.29 is 13.3 Å². The molecule has 1 atom stereocenters. The van der Waals surface area contributed by atoms with Crippen LogP contribution in [0.2, 0.25) is 0 Å².